The number of aromatic amines is 1. The molecule has 2 heterocycles. The minimum Gasteiger partial charge on any atom is -0.398 e. The quantitative estimate of drug-likeness (QED) is 0.335. The van der Waals surface area contributed by atoms with E-state index in [1.807, 2.05) is 24.3 Å². The van der Waals surface area contributed by atoms with E-state index in [1.54, 1.807) is 0 Å². The number of carbonyl (C=O) groups excluding carboxylic acids is 1. The first-order valence-electron chi connectivity index (χ1n) is 10.2. The van der Waals surface area contributed by atoms with Gasteiger partial charge in [-0.15, -0.1) is 0 Å². The van der Waals surface area contributed by atoms with E-state index < -0.39 is 10.0 Å². The van der Waals surface area contributed by atoms with Crippen LogP contribution in [0.25, 0.3) is 10.9 Å². The fourth-order valence-electron chi connectivity index (χ4n) is 4.02. The van der Waals surface area contributed by atoms with Gasteiger partial charge in [-0.05, 0) is 54.1 Å². The number of H-pyrrole nitrogens is 1. The van der Waals surface area contributed by atoms with Gasteiger partial charge < -0.3 is 16.0 Å². The zero-order valence-corrected chi connectivity index (χ0v) is 19.0. The minimum absolute atomic E-state index is 0.0677. The van der Waals surface area contributed by atoms with Crippen molar-refractivity contribution in [3.63, 3.8) is 0 Å². The van der Waals surface area contributed by atoms with E-state index in [4.69, 9.17) is 5.73 Å². The lowest BCUT2D eigenvalue weighted by molar-refractivity contribution is 0.0960. The van der Waals surface area contributed by atoms with E-state index in [-0.39, 0.29) is 11.9 Å². The molecule has 0 aliphatic carbocycles. The Morgan fingerprint density at radius 3 is 2.60 bits per heavy atom. The van der Waals surface area contributed by atoms with Crippen LogP contribution < -0.4 is 11.1 Å². The van der Waals surface area contributed by atoms with Crippen LogP contribution in [0.3, 0.4) is 0 Å². The van der Waals surface area contributed by atoms with E-state index in [2.05, 4.69) is 66.0 Å². The highest BCUT2D eigenvalue weighted by Crippen LogP contribution is 2.39. The highest BCUT2D eigenvalue weighted by molar-refractivity contribution is 8.35. The normalized spacial score (nSPS) is 16.0. The van der Waals surface area contributed by atoms with Gasteiger partial charge in [0.1, 0.15) is 6.71 Å². The summed E-state index contributed by atoms with van der Waals surface area (Å²) in [6, 6.07) is 11.8. The molecule has 30 heavy (non-hydrogen) atoms. The molecule has 0 bridgehead atoms. The van der Waals surface area contributed by atoms with Gasteiger partial charge in [0, 0.05) is 39.0 Å². The summed E-state index contributed by atoms with van der Waals surface area (Å²) < 4.78 is 0. The molecule has 0 fully saturated rings. The smallest absolute Gasteiger partial charge is 0.252 e. The van der Waals surface area contributed by atoms with Crippen LogP contribution in [0, 0.1) is 11.2 Å². The number of nitrogen functional groups attached to an aromatic ring is 1. The molecule has 0 saturated carbocycles. The van der Waals surface area contributed by atoms with Crippen molar-refractivity contribution >= 4 is 39.2 Å². The predicted octanol–water partition coefficient (Wildman–Crippen LogP) is 4.42. The minimum atomic E-state index is -0.976. The number of benzene rings is 2. The molecule has 1 unspecified atom stereocenters. The van der Waals surface area contributed by atoms with Gasteiger partial charge in [0.25, 0.3) is 5.91 Å². The van der Waals surface area contributed by atoms with Crippen molar-refractivity contribution in [2.75, 3.05) is 24.5 Å². The maximum atomic E-state index is 12.9. The number of rotatable bonds is 3. The standard InChI is InChI=1S/C24H28BN3OS/c1-25(2)14-21-22(16-8-6-7-9-20(16)27-21)23-17-13-19(26)15(10-11-30(3,4)5)12-18(17)24(29)28-23/h6-9,12-13,23,27H,14,26H2,1-5H3,(H,28,29). The first-order valence-corrected chi connectivity index (χ1v) is 13.0. The molecule has 1 aliphatic rings. The van der Waals surface area contributed by atoms with Crippen LogP contribution in [0.5, 0.6) is 0 Å². The van der Waals surface area contributed by atoms with E-state index in [0.29, 0.717) is 18.0 Å². The number of hydrogen-bond acceptors (Lipinski definition) is 2. The van der Waals surface area contributed by atoms with Crippen molar-refractivity contribution in [3.05, 3.63) is 64.3 Å². The number of amides is 1. The molecule has 6 heteroatoms. The Kier molecular flexibility index (Phi) is 5.11. The Bertz CT molecular complexity index is 1210. The molecule has 4 N–H and O–H groups in total. The van der Waals surface area contributed by atoms with Crippen LogP contribution >= 0.6 is 10.0 Å². The summed E-state index contributed by atoms with van der Waals surface area (Å²) in [7, 11) is -0.976. The van der Waals surface area contributed by atoms with Gasteiger partial charge in [0.2, 0.25) is 0 Å². The molecule has 0 saturated heterocycles. The molecule has 4 rings (SSSR count). The van der Waals surface area contributed by atoms with Crippen molar-refractivity contribution < 1.29 is 4.79 Å². The average molecular weight is 417 g/mol. The van der Waals surface area contributed by atoms with Crippen molar-refractivity contribution in [1.82, 2.24) is 10.3 Å². The topological polar surface area (TPSA) is 70.9 Å². The highest BCUT2D eigenvalue weighted by Gasteiger charge is 2.34. The summed E-state index contributed by atoms with van der Waals surface area (Å²) in [6.45, 7) is 4.91. The number of para-hydroxylation sites is 1. The molecule has 1 atom stereocenters. The molecule has 1 aliphatic heterocycles. The van der Waals surface area contributed by atoms with Crippen molar-refractivity contribution in [1.29, 1.82) is 0 Å². The molecule has 3 aromatic rings. The first kappa shape index (κ1) is 20.5. The maximum absolute atomic E-state index is 12.9. The van der Waals surface area contributed by atoms with E-state index in [0.717, 1.165) is 33.9 Å². The van der Waals surface area contributed by atoms with Crippen molar-refractivity contribution in [2.45, 2.75) is 26.0 Å². The molecule has 2 aromatic carbocycles. The first-order chi connectivity index (χ1) is 14.1. The van der Waals surface area contributed by atoms with Gasteiger partial charge in [-0.1, -0.05) is 37.8 Å². The summed E-state index contributed by atoms with van der Waals surface area (Å²) >= 11 is 0. The third-order valence-corrected chi connectivity index (χ3v) is 5.99. The van der Waals surface area contributed by atoms with Crippen molar-refractivity contribution in [2.24, 2.45) is 0 Å². The van der Waals surface area contributed by atoms with Gasteiger partial charge >= 0.3 is 0 Å². The second kappa shape index (κ2) is 7.48. The molecule has 1 aromatic heterocycles. The monoisotopic (exact) mass is 417 g/mol. The van der Waals surface area contributed by atoms with Crippen LogP contribution in [0.2, 0.25) is 13.6 Å². The number of aromatic nitrogens is 1. The second-order valence-corrected chi connectivity index (χ2v) is 13.0. The lowest BCUT2D eigenvalue weighted by atomic mass is 9.51. The Hall–Kier alpha value is -2.78. The summed E-state index contributed by atoms with van der Waals surface area (Å²) in [5.41, 5.74) is 12.7. The van der Waals surface area contributed by atoms with Crippen molar-refractivity contribution in [3.8, 4) is 11.2 Å². The molecule has 154 valence electrons. The summed E-state index contributed by atoms with van der Waals surface area (Å²) in [5, 5.41) is 7.64. The summed E-state index contributed by atoms with van der Waals surface area (Å²) in [4.78, 5) is 16.5. The molecule has 0 spiro atoms. The molecule has 4 nitrogen and oxygen atoms in total. The van der Waals surface area contributed by atoms with E-state index in [1.165, 1.54) is 5.69 Å². The van der Waals surface area contributed by atoms with Gasteiger partial charge in [-0.25, -0.2) is 0 Å². The number of fused-ring (bicyclic) bond motifs is 2. The van der Waals surface area contributed by atoms with Crippen LogP contribution in [0.1, 0.15) is 38.8 Å². The second-order valence-electron chi connectivity index (χ2n) is 9.16. The number of carbonyl (C=O) groups is 1. The van der Waals surface area contributed by atoms with Gasteiger partial charge in [-0.3, -0.25) is 4.79 Å². The Morgan fingerprint density at radius 1 is 1.17 bits per heavy atom. The fourth-order valence-corrected chi connectivity index (χ4v) is 4.43. The van der Waals surface area contributed by atoms with Crippen LogP contribution in [0.4, 0.5) is 5.69 Å². The average Bonchev–Trinajstić information content (AvgIpc) is 3.15. The Balaban J connectivity index is 1.86. The van der Waals surface area contributed by atoms with Gasteiger partial charge in [0.15, 0.2) is 0 Å². The number of nitrogens with two attached hydrogens (primary N) is 1. The third kappa shape index (κ3) is 3.82. The van der Waals surface area contributed by atoms with Gasteiger partial charge in [-0.2, -0.15) is 10.0 Å². The maximum Gasteiger partial charge on any atom is 0.252 e. The lowest BCUT2D eigenvalue weighted by Gasteiger charge is -2.16. The van der Waals surface area contributed by atoms with E-state index >= 15 is 0 Å². The van der Waals surface area contributed by atoms with E-state index in [9.17, 15) is 4.79 Å². The summed E-state index contributed by atoms with van der Waals surface area (Å²) in [5.74, 6) is 3.13. The van der Waals surface area contributed by atoms with Gasteiger partial charge in [0.05, 0.1) is 6.04 Å². The molecule has 0 radical (unpaired) electrons. The highest BCUT2D eigenvalue weighted by atomic mass is 32.3. The largest absolute Gasteiger partial charge is 0.398 e. The predicted molar refractivity (Wildman–Crippen MR) is 132 cm³/mol. The summed E-state index contributed by atoms with van der Waals surface area (Å²) in [6.07, 6.45) is 7.33. The SMILES string of the molecule is CB(C)Cc1[nH]c2ccccc2c1C1NC(=O)c2cc(C#CS(C)(C)C)c(N)cc21. The third-order valence-electron chi connectivity index (χ3n) is 5.27. The zero-order valence-electron chi connectivity index (χ0n) is 18.2. The Morgan fingerprint density at radius 2 is 1.90 bits per heavy atom. The number of anilines is 1. The molecular weight excluding hydrogens is 389 g/mol. The lowest BCUT2D eigenvalue weighted by Crippen LogP contribution is -2.21. The molecule has 1 amide bonds. The fraction of sp³-hybridized carbons (Fsp3) is 0.292. The Labute approximate surface area is 180 Å². The van der Waals surface area contributed by atoms with Crippen LogP contribution in [-0.4, -0.2) is 36.4 Å². The van der Waals surface area contributed by atoms with Crippen LogP contribution in [0.15, 0.2) is 36.4 Å². The van der Waals surface area contributed by atoms with Crippen LogP contribution in [-0.2, 0) is 6.32 Å². The number of nitrogens with one attached hydrogen (secondary N) is 2. The molecular formula is C24H28BN3OS. The zero-order chi connectivity index (χ0) is 21.6. The number of hydrogen-bond donors (Lipinski definition) is 3.